The van der Waals surface area contributed by atoms with Gasteiger partial charge >= 0.3 is 17.9 Å². The van der Waals surface area contributed by atoms with Crippen LogP contribution in [0.3, 0.4) is 0 Å². The lowest BCUT2D eigenvalue weighted by Gasteiger charge is -2.31. The van der Waals surface area contributed by atoms with E-state index >= 15 is 0 Å². The number of likely N-dealkylation sites (N-methyl/N-ethyl adjacent to an activating group) is 1. The van der Waals surface area contributed by atoms with Crippen molar-refractivity contribution in [2.45, 2.75) is 174 Å². The van der Waals surface area contributed by atoms with E-state index < -0.39 is 18.1 Å². The molecule has 1 N–H and O–H groups in total. The number of rotatable bonds is 36. The number of esters is 2. The molecule has 0 aromatic heterocycles. The minimum Gasteiger partial charge on any atom is -0.477 e. The van der Waals surface area contributed by atoms with E-state index in [1.807, 2.05) is 21.1 Å². The summed E-state index contributed by atoms with van der Waals surface area (Å²) in [5.74, 6) is -1.52. The molecular weight excluding hydrogens is 654 g/mol. The smallest absolute Gasteiger partial charge is 0.362 e. The molecular formula is C44H78NO7+. The Bertz CT molecular complexity index is 995. The lowest BCUT2D eigenvalue weighted by Crippen LogP contribution is -2.50. The highest BCUT2D eigenvalue weighted by Crippen LogP contribution is 2.14. The molecule has 300 valence electrons. The van der Waals surface area contributed by atoms with E-state index in [9.17, 15) is 19.5 Å². The highest BCUT2D eigenvalue weighted by Gasteiger charge is 2.31. The summed E-state index contributed by atoms with van der Waals surface area (Å²) in [7, 11) is 5.50. The minimum atomic E-state index is -0.883. The van der Waals surface area contributed by atoms with Gasteiger partial charge in [-0.05, 0) is 64.2 Å². The first kappa shape index (κ1) is 49.3. The van der Waals surface area contributed by atoms with E-state index in [1.54, 1.807) is 0 Å². The van der Waals surface area contributed by atoms with Gasteiger partial charge in [-0.25, -0.2) is 4.79 Å². The van der Waals surface area contributed by atoms with Crippen molar-refractivity contribution in [2.75, 3.05) is 41.0 Å². The molecule has 0 saturated carbocycles. The molecule has 0 fully saturated rings. The molecule has 8 nitrogen and oxygen atoms in total. The predicted octanol–water partition coefficient (Wildman–Crippen LogP) is 10.9. The Morgan fingerprint density at radius 2 is 1.13 bits per heavy atom. The summed E-state index contributed by atoms with van der Waals surface area (Å²) in [5.41, 5.74) is 0. The number of carbonyl (C=O) groups is 3. The largest absolute Gasteiger partial charge is 0.477 e. The number of nitrogens with zero attached hydrogens (tertiary/aromatic N) is 1. The van der Waals surface area contributed by atoms with Crippen molar-refractivity contribution in [1.82, 2.24) is 0 Å². The average Bonchev–Trinajstić information content (AvgIpc) is 3.09. The monoisotopic (exact) mass is 733 g/mol. The summed E-state index contributed by atoms with van der Waals surface area (Å²) in [5, 5.41) is 9.58. The first-order chi connectivity index (χ1) is 25.1. The number of carbonyl (C=O) groups excluding carboxylic acids is 2. The second-order valence-electron chi connectivity index (χ2n) is 14.9. The summed E-state index contributed by atoms with van der Waals surface area (Å²) in [6.45, 7) is 4.53. The van der Waals surface area contributed by atoms with Gasteiger partial charge in [0.1, 0.15) is 6.61 Å². The van der Waals surface area contributed by atoms with Gasteiger partial charge in [-0.15, -0.1) is 0 Å². The summed E-state index contributed by atoms with van der Waals surface area (Å²) in [6.07, 6.45) is 40.3. The fourth-order valence-electron chi connectivity index (χ4n) is 5.77. The predicted molar refractivity (Wildman–Crippen MR) is 215 cm³/mol. The average molecular weight is 733 g/mol. The van der Waals surface area contributed by atoms with Crippen molar-refractivity contribution < 1.29 is 38.2 Å². The molecule has 0 saturated heterocycles. The standard InChI is InChI=1S/C44H77NO7/c1-6-8-10-12-14-16-17-18-19-20-21-22-23-24-25-27-28-30-32-34-42(46)51-39-40(38-50-37-36-41(44(48)49)45(3,4)5)52-43(47)35-33-31-29-26-15-13-11-9-7-2/h9,11,14-18,26,40-41H,6-8,10,12-13,19-25,27-39H2,1-5H3/p+1/b11-9+,16-14+,18-17+,26-15+. The topological polar surface area (TPSA) is 99.1 Å². The van der Waals surface area contributed by atoms with Crippen LogP contribution in [0, 0.1) is 0 Å². The Hall–Kier alpha value is -2.71. The van der Waals surface area contributed by atoms with Crippen LogP contribution < -0.4 is 0 Å². The highest BCUT2D eigenvalue weighted by molar-refractivity contribution is 5.72. The maximum atomic E-state index is 12.6. The fraction of sp³-hybridized carbons (Fsp3) is 0.750. The zero-order valence-corrected chi connectivity index (χ0v) is 34.0. The third-order valence-electron chi connectivity index (χ3n) is 8.99. The third-order valence-corrected chi connectivity index (χ3v) is 8.99. The minimum absolute atomic E-state index is 0.0460. The molecule has 0 aliphatic rings. The molecule has 0 bridgehead atoms. The van der Waals surface area contributed by atoms with E-state index in [0.717, 1.165) is 44.9 Å². The second kappa shape index (κ2) is 35.3. The number of ether oxygens (including phenoxy) is 3. The molecule has 0 aromatic rings. The maximum absolute atomic E-state index is 12.6. The van der Waals surface area contributed by atoms with Gasteiger partial charge < -0.3 is 23.8 Å². The van der Waals surface area contributed by atoms with Crippen molar-refractivity contribution >= 4 is 17.9 Å². The number of aliphatic carboxylic acids is 1. The summed E-state index contributed by atoms with van der Waals surface area (Å²) in [4.78, 5) is 36.8. The molecule has 8 heteroatoms. The van der Waals surface area contributed by atoms with Crippen LogP contribution in [0.2, 0.25) is 0 Å². The van der Waals surface area contributed by atoms with Crippen LogP contribution in [0.4, 0.5) is 0 Å². The lowest BCUT2D eigenvalue weighted by molar-refractivity contribution is -0.887. The zero-order valence-electron chi connectivity index (χ0n) is 34.0. The normalized spacial score (nSPS) is 13.5. The van der Waals surface area contributed by atoms with Crippen molar-refractivity contribution in [1.29, 1.82) is 0 Å². The first-order valence-corrected chi connectivity index (χ1v) is 20.7. The SMILES string of the molecule is CC/C=C/C/C=C/CCCCC(=O)OC(COCCC(C(=O)O)[N+](C)(C)C)COC(=O)CCCCCCCCCCCC/C=C/C=C/CCCCC. The highest BCUT2D eigenvalue weighted by atomic mass is 16.6. The number of hydrogen-bond donors (Lipinski definition) is 1. The van der Waals surface area contributed by atoms with Gasteiger partial charge in [0.15, 0.2) is 12.1 Å². The fourth-order valence-corrected chi connectivity index (χ4v) is 5.77. The molecule has 0 rings (SSSR count). The summed E-state index contributed by atoms with van der Waals surface area (Å²) < 4.78 is 17.2. The van der Waals surface area contributed by atoms with Crippen molar-refractivity contribution in [2.24, 2.45) is 0 Å². The van der Waals surface area contributed by atoms with Crippen LogP contribution in [0.5, 0.6) is 0 Å². The second-order valence-corrected chi connectivity index (χ2v) is 14.9. The van der Waals surface area contributed by atoms with E-state index in [-0.39, 0.29) is 42.7 Å². The Balaban J connectivity index is 4.29. The summed E-state index contributed by atoms with van der Waals surface area (Å²) >= 11 is 0. The van der Waals surface area contributed by atoms with Gasteiger partial charge in [-0.2, -0.15) is 0 Å². The van der Waals surface area contributed by atoms with E-state index in [2.05, 4.69) is 62.5 Å². The summed E-state index contributed by atoms with van der Waals surface area (Å²) in [6, 6.07) is -0.620. The number of carboxylic acid groups (broad SMARTS) is 1. The van der Waals surface area contributed by atoms with Gasteiger partial charge in [0, 0.05) is 19.3 Å². The molecule has 2 unspecified atom stereocenters. The van der Waals surface area contributed by atoms with Crippen LogP contribution in [0.15, 0.2) is 48.6 Å². The molecule has 0 heterocycles. The number of carboxylic acids is 1. The Morgan fingerprint density at radius 3 is 1.73 bits per heavy atom. The van der Waals surface area contributed by atoms with Crippen LogP contribution >= 0.6 is 0 Å². The van der Waals surface area contributed by atoms with Gasteiger partial charge in [-0.3, -0.25) is 9.59 Å². The van der Waals surface area contributed by atoms with Gasteiger partial charge in [0.05, 0.1) is 34.4 Å². The Kier molecular flexibility index (Phi) is 33.5. The number of quaternary nitrogens is 1. The molecule has 0 spiro atoms. The molecule has 2 atom stereocenters. The van der Waals surface area contributed by atoms with Crippen LogP contribution in [-0.4, -0.2) is 80.6 Å². The lowest BCUT2D eigenvalue weighted by atomic mass is 10.1. The Morgan fingerprint density at radius 1 is 0.615 bits per heavy atom. The van der Waals surface area contributed by atoms with E-state index in [1.165, 1.54) is 77.0 Å². The zero-order chi connectivity index (χ0) is 38.5. The van der Waals surface area contributed by atoms with Crippen LogP contribution in [-0.2, 0) is 28.6 Å². The van der Waals surface area contributed by atoms with Gasteiger partial charge in [0.25, 0.3) is 0 Å². The molecule has 0 amide bonds. The first-order valence-electron chi connectivity index (χ1n) is 20.7. The van der Waals surface area contributed by atoms with Gasteiger partial charge in [0.2, 0.25) is 0 Å². The molecule has 0 aromatic carbocycles. The molecule has 0 aliphatic heterocycles. The van der Waals surface area contributed by atoms with Crippen molar-refractivity contribution in [3.8, 4) is 0 Å². The number of unbranched alkanes of at least 4 members (excludes halogenated alkanes) is 15. The maximum Gasteiger partial charge on any atom is 0.362 e. The van der Waals surface area contributed by atoms with Crippen molar-refractivity contribution in [3.05, 3.63) is 48.6 Å². The number of hydrogen-bond acceptors (Lipinski definition) is 6. The molecule has 0 radical (unpaired) electrons. The van der Waals surface area contributed by atoms with E-state index in [4.69, 9.17) is 14.2 Å². The van der Waals surface area contributed by atoms with Gasteiger partial charge in [-0.1, -0.05) is 127 Å². The Labute approximate surface area is 318 Å². The van der Waals surface area contributed by atoms with Crippen molar-refractivity contribution in [3.63, 3.8) is 0 Å². The van der Waals surface area contributed by atoms with E-state index in [0.29, 0.717) is 19.3 Å². The third kappa shape index (κ3) is 33.1. The van der Waals surface area contributed by atoms with Crippen LogP contribution in [0.25, 0.3) is 0 Å². The number of allylic oxidation sites excluding steroid dienone is 8. The quantitative estimate of drug-likeness (QED) is 0.0225. The molecule has 52 heavy (non-hydrogen) atoms. The van der Waals surface area contributed by atoms with Crippen LogP contribution in [0.1, 0.15) is 162 Å². The molecule has 0 aliphatic carbocycles.